The Hall–Kier alpha value is -3.67. The van der Waals surface area contributed by atoms with E-state index < -0.39 is 6.10 Å². The number of allylic oxidation sites excluding steroid dienone is 16. The average Bonchev–Trinajstić information content (AvgIpc) is 3.34. The molecule has 1 unspecified atom stereocenters. The molecular weight excluding hydrogens is 841 g/mol. The van der Waals surface area contributed by atoms with E-state index in [1.54, 1.807) is 0 Å². The van der Waals surface area contributed by atoms with Crippen LogP contribution in [0.1, 0.15) is 258 Å². The zero-order chi connectivity index (χ0) is 49.3. The monoisotopic (exact) mass is 945 g/mol. The maximum Gasteiger partial charge on any atom is 0.306 e. The second kappa shape index (κ2) is 55.9. The molecule has 0 saturated heterocycles. The van der Waals surface area contributed by atoms with Crippen molar-refractivity contribution in [2.24, 2.45) is 0 Å². The van der Waals surface area contributed by atoms with Crippen LogP contribution in [0.25, 0.3) is 0 Å². The minimum absolute atomic E-state index is 0.0946. The molecule has 0 rings (SSSR count). The molecule has 388 valence electrons. The standard InChI is InChI=1S/C62H104O6/c1-4-7-10-13-16-19-22-25-28-30-32-34-37-40-43-46-49-52-55-61(64)67-58-59(57-66-60(63)54-51-48-45-42-39-36-33-27-24-21-18-15-12-9-6-3)68-62(65)56-53-50-47-44-41-38-35-31-29-26-23-20-17-14-11-8-5-2/h9,12,15,17-18,20-22,24-26,28-30,32,34,59H,4-8,10-11,13-14,16,19,23,27,31,33,35-58H2,1-3H3/b12-9-,18-15-,20-17-,24-21-,25-22-,29-26-,30-28-,34-32-. The van der Waals surface area contributed by atoms with E-state index in [-0.39, 0.29) is 31.1 Å². The van der Waals surface area contributed by atoms with Crippen LogP contribution in [-0.2, 0) is 28.6 Å². The summed E-state index contributed by atoms with van der Waals surface area (Å²) in [5.74, 6) is -0.931. The van der Waals surface area contributed by atoms with Gasteiger partial charge in [0, 0.05) is 19.3 Å². The van der Waals surface area contributed by atoms with Crippen molar-refractivity contribution in [3.05, 3.63) is 97.2 Å². The third-order valence-electron chi connectivity index (χ3n) is 11.9. The lowest BCUT2D eigenvalue weighted by Crippen LogP contribution is -2.30. The summed E-state index contributed by atoms with van der Waals surface area (Å²) in [5, 5.41) is 0. The number of ether oxygens (including phenoxy) is 3. The molecule has 0 aliphatic heterocycles. The van der Waals surface area contributed by atoms with Crippen LogP contribution in [0.4, 0.5) is 0 Å². The first-order valence-corrected chi connectivity index (χ1v) is 28.3. The van der Waals surface area contributed by atoms with Crippen molar-refractivity contribution in [3.8, 4) is 0 Å². The van der Waals surface area contributed by atoms with Crippen LogP contribution in [-0.4, -0.2) is 37.2 Å². The molecule has 0 spiro atoms. The van der Waals surface area contributed by atoms with Gasteiger partial charge in [0.25, 0.3) is 0 Å². The summed E-state index contributed by atoms with van der Waals surface area (Å²) >= 11 is 0. The van der Waals surface area contributed by atoms with Gasteiger partial charge in [-0.1, -0.05) is 240 Å². The van der Waals surface area contributed by atoms with Gasteiger partial charge in [0.2, 0.25) is 0 Å². The lowest BCUT2D eigenvalue weighted by atomic mass is 10.1. The predicted molar refractivity (Wildman–Crippen MR) is 293 cm³/mol. The third kappa shape index (κ3) is 53.3. The van der Waals surface area contributed by atoms with Crippen molar-refractivity contribution in [2.45, 2.75) is 264 Å². The van der Waals surface area contributed by atoms with E-state index in [0.717, 1.165) is 109 Å². The summed E-state index contributed by atoms with van der Waals surface area (Å²) in [6, 6.07) is 0. The van der Waals surface area contributed by atoms with E-state index in [0.29, 0.717) is 19.3 Å². The normalized spacial score (nSPS) is 12.8. The minimum atomic E-state index is -0.797. The van der Waals surface area contributed by atoms with Crippen molar-refractivity contribution in [1.82, 2.24) is 0 Å². The van der Waals surface area contributed by atoms with Gasteiger partial charge in [-0.2, -0.15) is 0 Å². The number of carbonyl (C=O) groups is 3. The Labute approximate surface area is 419 Å². The van der Waals surface area contributed by atoms with Crippen molar-refractivity contribution in [1.29, 1.82) is 0 Å². The first-order chi connectivity index (χ1) is 33.5. The highest BCUT2D eigenvalue weighted by molar-refractivity contribution is 5.71. The van der Waals surface area contributed by atoms with Gasteiger partial charge in [-0.25, -0.2) is 0 Å². The van der Waals surface area contributed by atoms with E-state index >= 15 is 0 Å². The van der Waals surface area contributed by atoms with Crippen molar-refractivity contribution in [2.75, 3.05) is 13.2 Å². The van der Waals surface area contributed by atoms with Crippen molar-refractivity contribution in [3.63, 3.8) is 0 Å². The smallest absolute Gasteiger partial charge is 0.306 e. The van der Waals surface area contributed by atoms with Crippen LogP contribution in [0.2, 0.25) is 0 Å². The molecule has 68 heavy (non-hydrogen) atoms. The maximum absolute atomic E-state index is 12.9. The quantitative estimate of drug-likeness (QED) is 0.0199. The Balaban J connectivity index is 4.46. The number of rotatable bonds is 50. The molecular formula is C62H104O6. The number of carbonyl (C=O) groups excluding carboxylic acids is 3. The Morgan fingerprint density at radius 3 is 1.03 bits per heavy atom. The summed E-state index contributed by atoms with van der Waals surface area (Å²) in [6.45, 7) is 6.44. The van der Waals surface area contributed by atoms with Gasteiger partial charge in [-0.05, 0) is 96.3 Å². The molecule has 0 fully saturated rings. The van der Waals surface area contributed by atoms with Crippen LogP contribution in [0, 0.1) is 0 Å². The Kier molecular flexibility index (Phi) is 52.9. The highest BCUT2D eigenvalue weighted by Gasteiger charge is 2.19. The van der Waals surface area contributed by atoms with E-state index in [9.17, 15) is 14.4 Å². The van der Waals surface area contributed by atoms with Crippen molar-refractivity contribution < 1.29 is 28.6 Å². The second-order valence-corrected chi connectivity index (χ2v) is 18.6. The molecule has 0 aliphatic carbocycles. The molecule has 0 aromatic rings. The van der Waals surface area contributed by atoms with E-state index in [1.807, 2.05) is 0 Å². The molecule has 0 bridgehead atoms. The van der Waals surface area contributed by atoms with Gasteiger partial charge >= 0.3 is 17.9 Å². The van der Waals surface area contributed by atoms with Crippen LogP contribution < -0.4 is 0 Å². The second-order valence-electron chi connectivity index (χ2n) is 18.6. The Morgan fingerprint density at radius 2 is 0.632 bits per heavy atom. The van der Waals surface area contributed by atoms with E-state index in [2.05, 4.69) is 118 Å². The number of hydrogen-bond acceptors (Lipinski definition) is 6. The number of hydrogen-bond donors (Lipinski definition) is 0. The molecule has 0 aromatic carbocycles. The van der Waals surface area contributed by atoms with Gasteiger partial charge in [-0.15, -0.1) is 0 Å². The maximum atomic E-state index is 12.9. The average molecular weight is 946 g/mol. The molecule has 0 amide bonds. The summed E-state index contributed by atoms with van der Waals surface area (Å²) in [5.41, 5.74) is 0. The van der Waals surface area contributed by atoms with Crippen LogP contribution in [0.15, 0.2) is 97.2 Å². The summed E-state index contributed by atoms with van der Waals surface area (Å²) in [4.78, 5) is 38.1. The Morgan fingerprint density at radius 1 is 0.324 bits per heavy atom. The molecule has 1 atom stereocenters. The van der Waals surface area contributed by atoms with Gasteiger partial charge in [0.15, 0.2) is 6.10 Å². The highest BCUT2D eigenvalue weighted by Crippen LogP contribution is 2.14. The van der Waals surface area contributed by atoms with Crippen LogP contribution in [0.5, 0.6) is 0 Å². The third-order valence-corrected chi connectivity index (χ3v) is 11.9. The van der Waals surface area contributed by atoms with Crippen LogP contribution in [0.3, 0.4) is 0 Å². The molecule has 0 N–H and O–H groups in total. The zero-order valence-corrected chi connectivity index (χ0v) is 44.3. The lowest BCUT2D eigenvalue weighted by Gasteiger charge is -2.18. The zero-order valence-electron chi connectivity index (χ0n) is 44.3. The number of unbranched alkanes of at least 4 members (excludes halogenated alkanes) is 27. The molecule has 0 heterocycles. The fraction of sp³-hybridized carbons (Fsp3) is 0.694. The van der Waals surface area contributed by atoms with E-state index in [1.165, 1.54) is 109 Å². The number of esters is 3. The van der Waals surface area contributed by atoms with Crippen molar-refractivity contribution >= 4 is 17.9 Å². The Bertz CT molecular complexity index is 1360. The van der Waals surface area contributed by atoms with Gasteiger partial charge in [0.1, 0.15) is 13.2 Å². The topological polar surface area (TPSA) is 78.9 Å². The van der Waals surface area contributed by atoms with Crippen LogP contribution >= 0.6 is 0 Å². The molecule has 0 saturated carbocycles. The molecule has 6 nitrogen and oxygen atoms in total. The largest absolute Gasteiger partial charge is 0.462 e. The fourth-order valence-corrected chi connectivity index (χ4v) is 7.65. The predicted octanol–water partition coefficient (Wildman–Crippen LogP) is 18.9. The SMILES string of the molecule is CC\C=C/C=C\C=C/CCCCCCCCCC(=O)OCC(COC(=O)CCCCCCC\C=C/C=C\C=C/CCCCCCC)OC(=O)CCCCCCCCC/C=C\C/C=C\CCCCC. The summed E-state index contributed by atoms with van der Waals surface area (Å²) in [7, 11) is 0. The molecule has 6 heteroatoms. The minimum Gasteiger partial charge on any atom is -0.462 e. The molecule has 0 aromatic heterocycles. The molecule has 0 aliphatic rings. The first-order valence-electron chi connectivity index (χ1n) is 28.3. The van der Waals surface area contributed by atoms with Gasteiger partial charge in [-0.3, -0.25) is 14.4 Å². The van der Waals surface area contributed by atoms with Gasteiger partial charge in [0.05, 0.1) is 0 Å². The highest BCUT2D eigenvalue weighted by atomic mass is 16.6. The fourth-order valence-electron chi connectivity index (χ4n) is 7.65. The summed E-state index contributed by atoms with van der Waals surface area (Å²) < 4.78 is 16.8. The van der Waals surface area contributed by atoms with Gasteiger partial charge < -0.3 is 14.2 Å². The molecule has 0 radical (unpaired) electrons. The van der Waals surface area contributed by atoms with E-state index in [4.69, 9.17) is 14.2 Å². The first kappa shape index (κ1) is 64.3. The lowest BCUT2D eigenvalue weighted by molar-refractivity contribution is -0.167. The summed E-state index contributed by atoms with van der Waals surface area (Å²) in [6.07, 6.45) is 73.8.